The number of carbonyl (C=O) groups excluding carboxylic acids is 1. The van der Waals surface area contributed by atoms with Crippen molar-refractivity contribution in [1.82, 2.24) is 35.5 Å². The lowest BCUT2D eigenvalue weighted by Crippen LogP contribution is -2.43. The molecule has 0 saturated carbocycles. The van der Waals surface area contributed by atoms with E-state index in [0.717, 1.165) is 0 Å². The summed E-state index contributed by atoms with van der Waals surface area (Å²) in [5.41, 5.74) is 8.89. The van der Waals surface area contributed by atoms with Gasteiger partial charge in [0.15, 0.2) is 23.5 Å². The average molecular weight is 640 g/mol. The van der Waals surface area contributed by atoms with Gasteiger partial charge in [-0.3, -0.25) is 4.57 Å². The Morgan fingerprint density at radius 1 is 1.07 bits per heavy atom. The summed E-state index contributed by atoms with van der Waals surface area (Å²) in [6.07, 6.45) is 1.75. The molecular weight excluding hydrogens is 594 g/mol. The fourth-order valence-electron chi connectivity index (χ4n) is 5.87. The van der Waals surface area contributed by atoms with E-state index in [1.54, 1.807) is 10.9 Å². The molecular formula is C31H45N9O6. The number of urea groups is 1. The number of nitrogens with zero attached hydrogens (tertiary/aromatic N) is 4. The molecule has 2 saturated heterocycles. The summed E-state index contributed by atoms with van der Waals surface area (Å²) in [4.78, 5) is 36.8. The van der Waals surface area contributed by atoms with Gasteiger partial charge >= 0.3 is 12.1 Å². The maximum absolute atomic E-state index is 13.2. The molecule has 2 aliphatic heterocycles. The van der Waals surface area contributed by atoms with Gasteiger partial charge in [0.1, 0.15) is 24.1 Å². The number of nitrogens with two attached hydrogens (primary N) is 1. The number of hydrogen-bond donors (Lipinski definition) is 6. The lowest BCUT2D eigenvalue weighted by Gasteiger charge is -2.27. The Kier molecular flexibility index (Phi) is 9.96. The van der Waals surface area contributed by atoms with Gasteiger partial charge < -0.3 is 46.3 Å². The summed E-state index contributed by atoms with van der Waals surface area (Å²) in [7, 11) is 0. The summed E-state index contributed by atoms with van der Waals surface area (Å²) in [6, 6.07) is 7.19. The van der Waals surface area contributed by atoms with Crippen molar-refractivity contribution in [2.24, 2.45) is 0 Å². The van der Waals surface area contributed by atoms with Gasteiger partial charge in [-0.15, -0.1) is 0 Å². The van der Waals surface area contributed by atoms with Crippen molar-refractivity contribution in [3.63, 3.8) is 0 Å². The summed E-state index contributed by atoms with van der Waals surface area (Å²) in [6.45, 7) is 11.7. The molecule has 0 aliphatic carbocycles. The molecule has 2 aliphatic rings. The molecule has 0 radical (unpaired) electrons. The number of carbonyl (C=O) groups is 2. The topological polar surface area (TPSA) is 200 Å². The first-order chi connectivity index (χ1) is 21.8. The molecule has 0 spiro atoms. The highest BCUT2D eigenvalue weighted by Crippen LogP contribution is 2.45. The van der Waals surface area contributed by atoms with Gasteiger partial charge in [-0.25, -0.2) is 24.5 Å². The van der Waals surface area contributed by atoms with E-state index in [-0.39, 0.29) is 23.3 Å². The number of carboxylic acid groups (broad SMARTS) is 1. The number of hydrogen-bond acceptors (Lipinski definition) is 10. The molecule has 1 aromatic carbocycles. The van der Waals surface area contributed by atoms with Crippen LogP contribution in [0.4, 0.5) is 21.1 Å². The van der Waals surface area contributed by atoms with Gasteiger partial charge in [0.2, 0.25) is 0 Å². The molecule has 15 nitrogen and oxygen atoms in total. The summed E-state index contributed by atoms with van der Waals surface area (Å²) >= 11 is 0. The second kappa shape index (κ2) is 13.7. The minimum Gasteiger partial charge on any atom is -0.465 e. The third kappa shape index (κ3) is 8.02. The van der Waals surface area contributed by atoms with Crippen molar-refractivity contribution in [3.05, 3.63) is 42.5 Å². The molecule has 0 bridgehead atoms. The van der Waals surface area contributed by atoms with E-state index in [1.165, 1.54) is 11.9 Å². The lowest BCUT2D eigenvalue weighted by molar-refractivity contribution is -0.197. The van der Waals surface area contributed by atoms with Gasteiger partial charge in [0.25, 0.3) is 0 Å². The predicted molar refractivity (Wildman–Crippen MR) is 171 cm³/mol. The SMILES string of the molecule is CC1(C)O[C@@H]2[C@H](O1)[C@@H](CC(CCNCCCNC(=O)O)NC(=O)Nc1ccc(C(C)(C)C)cc1)O[C@H]2n1cnc2c(N)ncnc21. The molecule has 2 fully saturated rings. The van der Waals surface area contributed by atoms with E-state index in [9.17, 15) is 9.59 Å². The van der Waals surface area contributed by atoms with Crippen molar-refractivity contribution < 1.29 is 28.9 Å². The van der Waals surface area contributed by atoms with Crippen LogP contribution in [0, 0.1) is 0 Å². The molecule has 5 atom stereocenters. The third-order valence-electron chi connectivity index (χ3n) is 8.12. The summed E-state index contributed by atoms with van der Waals surface area (Å²) < 4.78 is 21.0. The first-order valence-electron chi connectivity index (χ1n) is 15.6. The van der Waals surface area contributed by atoms with E-state index in [1.807, 2.05) is 38.1 Å². The Balaban J connectivity index is 1.29. The van der Waals surface area contributed by atoms with E-state index in [4.69, 9.17) is 25.1 Å². The van der Waals surface area contributed by atoms with Crippen molar-refractivity contribution >= 4 is 34.8 Å². The van der Waals surface area contributed by atoms with Crippen molar-refractivity contribution in [2.45, 2.75) is 95.7 Å². The Morgan fingerprint density at radius 2 is 1.80 bits per heavy atom. The minimum atomic E-state index is -1.04. The normalized spacial score (nSPS) is 22.8. The molecule has 3 aromatic rings. The fraction of sp³-hybridized carbons (Fsp3) is 0.581. The van der Waals surface area contributed by atoms with Crippen LogP contribution in [-0.2, 0) is 19.6 Å². The van der Waals surface area contributed by atoms with Crippen LogP contribution >= 0.6 is 0 Å². The highest BCUT2D eigenvalue weighted by Gasteiger charge is 2.56. The maximum Gasteiger partial charge on any atom is 0.404 e. The van der Waals surface area contributed by atoms with Gasteiger partial charge in [-0.05, 0) is 69.3 Å². The van der Waals surface area contributed by atoms with Gasteiger partial charge in [0.05, 0.1) is 12.4 Å². The molecule has 1 unspecified atom stereocenters. The van der Waals surface area contributed by atoms with Crippen LogP contribution in [0.5, 0.6) is 0 Å². The van der Waals surface area contributed by atoms with Crippen molar-refractivity contribution in [2.75, 3.05) is 30.7 Å². The number of anilines is 2. The quantitative estimate of drug-likeness (QED) is 0.159. The van der Waals surface area contributed by atoms with Crippen molar-refractivity contribution in [3.8, 4) is 0 Å². The molecule has 3 amide bonds. The minimum absolute atomic E-state index is 0.00270. The number of amides is 3. The second-order valence-electron chi connectivity index (χ2n) is 13.2. The van der Waals surface area contributed by atoms with Crippen LogP contribution in [0.2, 0.25) is 0 Å². The van der Waals surface area contributed by atoms with E-state index >= 15 is 0 Å². The largest absolute Gasteiger partial charge is 0.465 e. The lowest BCUT2D eigenvalue weighted by atomic mass is 9.87. The Hall–Kier alpha value is -4.05. The van der Waals surface area contributed by atoms with Gasteiger partial charge in [-0.1, -0.05) is 32.9 Å². The van der Waals surface area contributed by atoms with E-state index in [0.29, 0.717) is 55.7 Å². The number of nitrogen functional groups attached to an aromatic ring is 1. The zero-order valence-electron chi connectivity index (χ0n) is 26.9. The van der Waals surface area contributed by atoms with Crippen LogP contribution in [0.15, 0.2) is 36.9 Å². The number of nitrogens with one attached hydrogen (secondary N) is 4. The smallest absolute Gasteiger partial charge is 0.404 e. The standard InChI is InChI=1S/C31H45N9O6/c1-30(2,3)18-7-9-19(10-8-18)38-28(41)39-20(11-14-33-12-6-13-34-29(42)43)15-21-23-24(46-31(4,5)45-23)27(44-21)40-17-37-22-25(32)35-16-36-26(22)40/h7-10,16-17,20-21,23-24,27,33-34H,6,11-15H2,1-5H3,(H,42,43)(H2,32,35,36)(H2,38,39,41)/t20?,21-,23-,24-,27-/m1/s1. The second-order valence-corrected chi connectivity index (χ2v) is 13.2. The van der Waals surface area contributed by atoms with Crippen LogP contribution < -0.4 is 27.0 Å². The van der Waals surface area contributed by atoms with Crippen molar-refractivity contribution in [1.29, 1.82) is 0 Å². The molecule has 250 valence electrons. The van der Waals surface area contributed by atoms with Gasteiger partial charge in [-0.2, -0.15) is 0 Å². The molecule has 5 rings (SSSR count). The summed E-state index contributed by atoms with van der Waals surface area (Å²) in [5, 5.41) is 20.6. The number of benzene rings is 1. The maximum atomic E-state index is 13.2. The van der Waals surface area contributed by atoms with Crippen LogP contribution in [-0.4, -0.2) is 86.5 Å². The molecule has 7 N–H and O–H groups in total. The summed E-state index contributed by atoms with van der Waals surface area (Å²) in [5.74, 6) is -0.571. The Labute approximate surface area is 268 Å². The zero-order valence-corrected chi connectivity index (χ0v) is 26.9. The molecule has 15 heteroatoms. The number of imidazole rings is 1. The third-order valence-corrected chi connectivity index (χ3v) is 8.12. The fourth-order valence-corrected chi connectivity index (χ4v) is 5.87. The zero-order chi connectivity index (χ0) is 33.1. The predicted octanol–water partition coefficient (Wildman–Crippen LogP) is 3.34. The number of aromatic nitrogens is 4. The number of rotatable bonds is 12. The first-order valence-corrected chi connectivity index (χ1v) is 15.6. The van der Waals surface area contributed by atoms with Crippen LogP contribution in [0.25, 0.3) is 11.2 Å². The Morgan fingerprint density at radius 3 is 2.52 bits per heavy atom. The molecule has 46 heavy (non-hydrogen) atoms. The number of ether oxygens (including phenoxy) is 3. The molecule has 4 heterocycles. The highest BCUT2D eigenvalue weighted by atomic mass is 16.8. The van der Waals surface area contributed by atoms with Crippen LogP contribution in [0.1, 0.15) is 65.7 Å². The van der Waals surface area contributed by atoms with E-state index in [2.05, 4.69) is 57.0 Å². The Bertz CT molecular complexity index is 1510. The van der Waals surface area contributed by atoms with E-state index < -0.39 is 36.4 Å². The monoisotopic (exact) mass is 639 g/mol. The first kappa shape index (κ1) is 33.3. The van der Waals surface area contributed by atoms with Gasteiger partial charge in [0, 0.05) is 18.3 Å². The number of fused-ring (bicyclic) bond motifs is 2. The highest BCUT2D eigenvalue weighted by molar-refractivity contribution is 5.89. The van der Waals surface area contributed by atoms with Crippen LogP contribution in [0.3, 0.4) is 0 Å². The average Bonchev–Trinajstić information content (AvgIpc) is 3.63. The molecule has 2 aromatic heterocycles.